The first-order valence-corrected chi connectivity index (χ1v) is 10.6. The van der Waals surface area contributed by atoms with Crippen molar-refractivity contribution in [2.24, 2.45) is 10.9 Å². The lowest BCUT2D eigenvalue weighted by atomic mass is 10.0. The van der Waals surface area contributed by atoms with E-state index in [2.05, 4.69) is 29.5 Å². The highest BCUT2D eigenvalue weighted by atomic mass is 32.2. The molecule has 0 rings (SSSR count). The van der Waals surface area contributed by atoms with Crippen molar-refractivity contribution in [1.82, 2.24) is 10.6 Å². The van der Waals surface area contributed by atoms with Crippen LogP contribution in [0.2, 0.25) is 0 Å². The number of hydrogen-bond donors (Lipinski definition) is 2. The normalized spacial score (nSPS) is 15.5. The predicted molar refractivity (Wildman–Crippen MR) is 97.8 cm³/mol. The van der Waals surface area contributed by atoms with Crippen molar-refractivity contribution in [3.63, 3.8) is 0 Å². The number of rotatable bonds is 11. The lowest BCUT2D eigenvalue weighted by molar-refractivity contribution is 0.0266. The van der Waals surface area contributed by atoms with Gasteiger partial charge in [-0.3, -0.25) is 4.99 Å². The first kappa shape index (κ1) is 22.2. The molecule has 7 heteroatoms. The van der Waals surface area contributed by atoms with Gasteiger partial charge in [0.2, 0.25) is 0 Å². The number of ether oxygens (including phenoxy) is 1. The van der Waals surface area contributed by atoms with Crippen molar-refractivity contribution in [2.45, 2.75) is 59.6 Å². The topological polar surface area (TPSA) is 79.8 Å². The Morgan fingerprint density at radius 3 is 2.30 bits per heavy atom. The molecule has 0 amide bonds. The van der Waals surface area contributed by atoms with Gasteiger partial charge in [0.05, 0.1) is 11.9 Å². The molecule has 0 aromatic carbocycles. The second-order valence-corrected chi connectivity index (χ2v) is 8.51. The molecule has 0 fully saturated rings. The highest BCUT2D eigenvalue weighted by molar-refractivity contribution is 7.90. The van der Waals surface area contributed by atoms with Gasteiger partial charge in [-0.25, -0.2) is 8.42 Å². The maximum absolute atomic E-state index is 11.2. The highest BCUT2D eigenvalue weighted by Gasteiger charge is 2.13. The molecule has 2 atom stereocenters. The summed E-state index contributed by atoms with van der Waals surface area (Å²) in [6.07, 6.45) is 2.92. The molecule has 6 nitrogen and oxygen atoms in total. The van der Waals surface area contributed by atoms with Crippen molar-refractivity contribution >= 4 is 15.8 Å². The van der Waals surface area contributed by atoms with Crippen LogP contribution in [-0.2, 0) is 14.6 Å². The minimum atomic E-state index is -2.93. The van der Waals surface area contributed by atoms with E-state index in [4.69, 9.17) is 4.74 Å². The summed E-state index contributed by atoms with van der Waals surface area (Å²) in [4.78, 5) is 4.57. The third-order valence-electron chi connectivity index (χ3n) is 3.46. The Hall–Kier alpha value is -0.820. The number of sulfone groups is 1. The fourth-order valence-corrected chi connectivity index (χ4v) is 2.92. The van der Waals surface area contributed by atoms with Gasteiger partial charge in [0.1, 0.15) is 9.84 Å². The minimum Gasteiger partial charge on any atom is -0.378 e. The molecule has 0 heterocycles. The Bertz CT molecular complexity index is 436. The number of nitrogens with one attached hydrogen (secondary N) is 2. The van der Waals surface area contributed by atoms with Crippen LogP contribution in [0.1, 0.15) is 47.5 Å². The molecular weight excluding hydrogens is 314 g/mol. The molecule has 0 saturated heterocycles. The molecule has 0 aromatic rings. The lowest BCUT2D eigenvalue weighted by Gasteiger charge is -2.21. The van der Waals surface area contributed by atoms with E-state index in [9.17, 15) is 8.42 Å². The van der Waals surface area contributed by atoms with E-state index in [1.807, 2.05) is 20.8 Å². The number of aliphatic imine (C=N–C) groups is 1. The first-order chi connectivity index (χ1) is 10.7. The van der Waals surface area contributed by atoms with E-state index < -0.39 is 9.84 Å². The molecular formula is C16H35N3O3S. The van der Waals surface area contributed by atoms with Crippen molar-refractivity contribution in [2.75, 3.05) is 31.7 Å². The molecule has 0 aliphatic rings. The van der Waals surface area contributed by atoms with Gasteiger partial charge in [-0.15, -0.1) is 0 Å². The summed E-state index contributed by atoms with van der Waals surface area (Å²) in [6, 6.07) is 0.0512. The van der Waals surface area contributed by atoms with Gasteiger partial charge in [0.25, 0.3) is 0 Å². The van der Waals surface area contributed by atoms with Crippen molar-refractivity contribution < 1.29 is 13.2 Å². The van der Waals surface area contributed by atoms with Crippen LogP contribution in [0.4, 0.5) is 0 Å². The Balaban J connectivity index is 4.46. The summed E-state index contributed by atoms with van der Waals surface area (Å²) in [5.41, 5.74) is 0. The van der Waals surface area contributed by atoms with E-state index in [0.29, 0.717) is 25.5 Å². The van der Waals surface area contributed by atoms with Crippen molar-refractivity contribution in [1.29, 1.82) is 0 Å². The maximum atomic E-state index is 11.2. The molecule has 2 N–H and O–H groups in total. The Morgan fingerprint density at radius 1 is 1.17 bits per heavy atom. The smallest absolute Gasteiger partial charge is 0.191 e. The van der Waals surface area contributed by atoms with Gasteiger partial charge >= 0.3 is 0 Å². The maximum Gasteiger partial charge on any atom is 0.191 e. The van der Waals surface area contributed by atoms with Gasteiger partial charge in [-0.05, 0) is 39.5 Å². The average Bonchev–Trinajstić information content (AvgIpc) is 2.43. The van der Waals surface area contributed by atoms with Crippen LogP contribution < -0.4 is 10.6 Å². The van der Waals surface area contributed by atoms with Gasteiger partial charge in [-0.1, -0.05) is 13.8 Å². The van der Waals surface area contributed by atoms with Crippen LogP contribution in [0.15, 0.2) is 4.99 Å². The molecule has 0 aromatic heterocycles. The zero-order valence-corrected chi connectivity index (χ0v) is 16.4. The minimum absolute atomic E-state index is 0.0512. The first-order valence-electron chi connectivity index (χ1n) is 8.53. The quantitative estimate of drug-likeness (QED) is 0.439. The SMILES string of the molecule is CCNC(=NCCC(OCC)C(C)C)NC(C)CCS(C)(=O)=O. The molecule has 2 unspecified atom stereocenters. The number of hydrogen-bond acceptors (Lipinski definition) is 4. The van der Waals surface area contributed by atoms with Crippen LogP contribution >= 0.6 is 0 Å². The lowest BCUT2D eigenvalue weighted by Crippen LogP contribution is -2.43. The van der Waals surface area contributed by atoms with E-state index in [0.717, 1.165) is 18.9 Å². The molecule has 0 radical (unpaired) electrons. The largest absolute Gasteiger partial charge is 0.378 e. The summed E-state index contributed by atoms with van der Waals surface area (Å²) in [5.74, 6) is 1.38. The van der Waals surface area contributed by atoms with Crippen LogP contribution in [0.25, 0.3) is 0 Å². The van der Waals surface area contributed by atoms with Crippen LogP contribution in [0.3, 0.4) is 0 Å². The summed E-state index contributed by atoms with van der Waals surface area (Å²) in [5, 5.41) is 6.45. The molecule has 0 saturated carbocycles. The summed E-state index contributed by atoms with van der Waals surface area (Å²) < 4.78 is 28.2. The molecule has 0 aliphatic heterocycles. The molecule has 0 aliphatic carbocycles. The predicted octanol–water partition coefficient (Wildman–Crippen LogP) is 1.82. The fraction of sp³-hybridized carbons (Fsp3) is 0.938. The van der Waals surface area contributed by atoms with Gasteiger partial charge in [0, 0.05) is 32.0 Å². The third kappa shape index (κ3) is 12.3. The van der Waals surface area contributed by atoms with Crippen molar-refractivity contribution in [3.05, 3.63) is 0 Å². The Kier molecular flexibility index (Phi) is 11.3. The number of nitrogens with zero attached hydrogens (tertiary/aromatic N) is 1. The molecule has 0 spiro atoms. The standard InChI is InChI=1S/C16H35N3O3S/c1-7-17-16(19-14(5)10-12-23(6,20)21)18-11-9-15(13(3)4)22-8-2/h13-15H,7-12H2,1-6H3,(H2,17,18,19). The fourth-order valence-electron chi connectivity index (χ4n) is 2.14. The van der Waals surface area contributed by atoms with Crippen LogP contribution in [-0.4, -0.2) is 58.2 Å². The molecule has 23 heavy (non-hydrogen) atoms. The van der Waals surface area contributed by atoms with Crippen LogP contribution in [0, 0.1) is 5.92 Å². The van der Waals surface area contributed by atoms with E-state index in [1.54, 1.807) is 0 Å². The van der Waals surface area contributed by atoms with Crippen LogP contribution in [0.5, 0.6) is 0 Å². The van der Waals surface area contributed by atoms with E-state index in [-0.39, 0.29) is 17.9 Å². The molecule has 0 bridgehead atoms. The van der Waals surface area contributed by atoms with E-state index in [1.165, 1.54) is 6.26 Å². The van der Waals surface area contributed by atoms with E-state index >= 15 is 0 Å². The van der Waals surface area contributed by atoms with Crippen molar-refractivity contribution in [3.8, 4) is 0 Å². The number of guanidine groups is 1. The summed E-state index contributed by atoms with van der Waals surface area (Å²) in [6.45, 7) is 12.5. The van der Waals surface area contributed by atoms with Gasteiger partial charge < -0.3 is 15.4 Å². The molecule has 138 valence electrons. The monoisotopic (exact) mass is 349 g/mol. The summed E-state index contributed by atoms with van der Waals surface area (Å²) in [7, 11) is -2.93. The van der Waals surface area contributed by atoms with Gasteiger partial charge in [0.15, 0.2) is 5.96 Å². The Labute approximate surface area is 142 Å². The zero-order valence-electron chi connectivity index (χ0n) is 15.6. The van der Waals surface area contributed by atoms with Gasteiger partial charge in [-0.2, -0.15) is 0 Å². The third-order valence-corrected chi connectivity index (χ3v) is 4.43. The summed E-state index contributed by atoms with van der Waals surface area (Å²) >= 11 is 0. The zero-order chi connectivity index (χ0) is 17.9. The average molecular weight is 350 g/mol. The Morgan fingerprint density at radius 2 is 1.83 bits per heavy atom. The second kappa shape index (κ2) is 11.7. The second-order valence-electron chi connectivity index (χ2n) is 6.25. The highest BCUT2D eigenvalue weighted by Crippen LogP contribution is 2.10.